The lowest BCUT2D eigenvalue weighted by molar-refractivity contribution is 0.0702. The van der Waals surface area contributed by atoms with E-state index in [9.17, 15) is 4.79 Å². The van der Waals surface area contributed by atoms with Gasteiger partial charge in [0.05, 0.1) is 0 Å². The summed E-state index contributed by atoms with van der Waals surface area (Å²) < 4.78 is 5.74. The van der Waals surface area contributed by atoms with E-state index in [4.69, 9.17) is 10.5 Å². The lowest BCUT2D eigenvalue weighted by atomic mass is 10.1. The number of nitrogens with two attached hydrogens (primary N) is 1. The number of amides is 1. The molecule has 0 bridgehead atoms. The molecule has 5 heteroatoms. The van der Waals surface area contributed by atoms with Gasteiger partial charge < -0.3 is 15.4 Å². The highest BCUT2D eigenvalue weighted by atomic mass is 16.5. The maximum atomic E-state index is 12.5. The lowest BCUT2D eigenvalue weighted by Gasteiger charge is -2.30. The molecule has 2 heterocycles. The smallest absolute Gasteiger partial charge is 0.272 e. The van der Waals surface area contributed by atoms with Crippen molar-refractivity contribution in [1.82, 2.24) is 9.88 Å². The molecule has 114 valence electrons. The van der Waals surface area contributed by atoms with Crippen molar-refractivity contribution in [2.45, 2.75) is 18.9 Å². The van der Waals surface area contributed by atoms with Crippen LogP contribution in [0.5, 0.6) is 11.5 Å². The Kier molecular flexibility index (Phi) is 4.34. The molecule has 1 aliphatic rings. The normalized spacial score (nSPS) is 18.0. The van der Waals surface area contributed by atoms with Crippen molar-refractivity contribution >= 4 is 5.91 Å². The second-order valence-electron chi connectivity index (χ2n) is 5.45. The highest BCUT2D eigenvalue weighted by molar-refractivity contribution is 5.92. The van der Waals surface area contributed by atoms with Crippen LogP contribution in [0.3, 0.4) is 0 Å². The first-order valence-corrected chi connectivity index (χ1v) is 7.46. The van der Waals surface area contributed by atoms with Gasteiger partial charge in [0.25, 0.3) is 5.91 Å². The van der Waals surface area contributed by atoms with Crippen LogP contribution >= 0.6 is 0 Å². The molecule has 1 fully saturated rings. The Bertz CT molecular complexity index is 645. The minimum absolute atomic E-state index is 0.0569. The van der Waals surface area contributed by atoms with Crippen molar-refractivity contribution in [3.63, 3.8) is 0 Å². The summed E-state index contributed by atoms with van der Waals surface area (Å²) in [5, 5.41) is 0. The van der Waals surface area contributed by atoms with Gasteiger partial charge in [-0.05, 0) is 31.0 Å². The van der Waals surface area contributed by atoms with Gasteiger partial charge in [-0.25, -0.2) is 0 Å². The number of hydrogen-bond donors (Lipinski definition) is 1. The molecule has 1 atom stereocenters. The summed E-state index contributed by atoms with van der Waals surface area (Å²) in [6.07, 6.45) is 3.50. The molecule has 0 aliphatic carbocycles. The first kappa shape index (κ1) is 14.5. The van der Waals surface area contributed by atoms with E-state index < -0.39 is 0 Å². The van der Waals surface area contributed by atoms with Crippen LogP contribution in [0.2, 0.25) is 0 Å². The van der Waals surface area contributed by atoms with E-state index >= 15 is 0 Å². The first-order chi connectivity index (χ1) is 10.7. The fraction of sp³-hybridized carbons (Fsp3) is 0.294. The zero-order chi connectivity index (χ0) is 15.4. The highest BCUT2D eigenvalue weighted by Gasteiger charge is 2.23. The molecular formula is C17H19N3O2. The van der Waals surface area contributed by atoms with E-state index in [1.807, 2.05) is 30.3 Å². The third kappa shape index (κ3) is 3.43. The van der Waals surface area contributed by atoms with Crippen LogP contribution in [-0.4, -0.2) is 34.9 Å². The molecule has 1 aromatic heterocycles. The Hall–Kier alpha value is -2.40. The van der Waals surface area contributed by atoms with Crippen molar-refractivity contribution in [2.24, 2.45) is 5.73 Å². The molecule has 1 saturated heterocycles. The van der Waals surface area contributed by atoms with Crippen molar-refractivity contribution in [1.29, 1.82) is 0 Å². The number of benzene rings is 1. The molecule has 0 radical (unpaired) electrons. The number of carbonyl (C=O) groups excluding carboxylic acids is 1. The molecule has 2 N–H and O–H groups in total. The first-order valence-electron chi connectivity index (χ1n) is 7.46. The SMILES string of the molecule is N[C@@H]1CCCN(C(=O)c2cc(Oc3ccccc3)ccn2)C1. The number of hydrogen-bond acceptors (Lipinski definition) is 4. The molecule has 0 spiro atoms. The second-order valence-corrected chi connectivity index (χ2v) is 5.45. The van der Waals surface area contributed by atoms with Gasteiger partial charge in [0, 0.05) is 31.4 Å². The van der Waals surface area contributed by atoms with Crippen LogP contribution in [0.25, 0.3) is 0 Å². The van der Waals surface area contributed by atoms with E-state index in [1.54, 1.807) is 23.2 Å². The number of likely N-dealkylation sites (tertiary alicyclic amines) is 1. The van der Waals surface area contributed by atoms with Crippen LogP contribution in [0, 0.1) is 0 Å². The number of piperidine rings is 1. The highest BCUT2D eigenvalue weighted by Crippen LogP contribution is 2.21. The summed E-state index contributed by atoms with van der Waals surface area (Å²) in [4.78, 5) is 18.4. The van der Waals surface area contributed by atoms with Crippen LogP contribution in [0.1, 0.15) is 23.3 Å². The average molecular weight is 297 g/mol. The number of pyridine rings is 1. The third-order valence-electron chi connectivity index (χ3n) is 3.67. The van der Waals surface area contributed by atoms with Gasteiger partial charge >= 0.3 is 0 Å². The monoisotopic (exact) mass is 297 g/mol. The predicted octanol–water partition coefficient (Wildman–Crippen LogP) is 2.44. The number of para-hydroxylation sites is 1. The fourth-order valence-corrected chi connectivity index (χ4v) is 2.57. The Labute approximate surface area is 129 Å². The zero-order valence-electron chi connectivity index (χ0n) is 12.3. The Morgan fingerprint density at radius 2 is 2.05 bits per heavy atom. The largest absolute Gasteiger partial charge is 0.457 e. The van der Waals surface area contributed by atoms with E-state index in [0.717, 1.165) is 25.1 Å². The predicted molar refractivity (Wildman–Crippen MR) is 83.9 cm³/mol. The maximum absolute atomic E-state index is 12.5. The van der Waals surface area contributed by atoms with Crippen LogP contribution in [-0.2, 0) is 0 Å². The number of nitrogens with zero attached hydrogens (tertiary/aromatic N) is 2. The number of rotatable bonds is 3. The van der Waals surface area contributed by atoms with Gasteiger partial charge in [0.15, 0.2) is 0 Å². The minimum Gasteiger partial charge on any atom is -0.457 e. The molecule has 22 heavy (non-hydrogen) atoms. The van der Waals surface area contributed by atoms with Crippen LogP contribution in [0.4, 0.5) is 0 Å². The summed E-state index contributed by atoms with van der Waals surface area (Å²) in [6, 6.07) is 12.9. The van der Waals surface area contributed by atoms with Gasteiger partial charge in [0.1, 0.15) is 17.2 Å². The molecular weight excluding hydrogens is 278 g/mol. The van der Waals surface area contributed by atoms with Gasteiger partial charge in [-0.1, -0.05) is 18.2 Å². The molecule has 0 unspecified atom stereocenters. The molecule has 0 saturated carbocycles. The van der Waals surface area contributed by atoms with E-state index in [0.29, 0.717) is 18.0 Å². The average Bonchev–Trinajstić information content (AvgIpc) is 2.55. The number of carbonyl (C=O) groups is 1. The molecule has 1 aromatic carbocycles. The van der Waals surface area contributed by atoms with Crippen LogP contribution < -0.4 is 10.5 Å². The zero-order valence-corrected chi connectivity index (χ0v) is 12.3. The molecule has 3 rings (SSSR count). The maximum Gasteiger partial charge on any atom is 0.272 e. The summed E-state index contributed by atoms with van der Waals surface area (Å²) >= 11 is 0. The van der Waals surface area contributed by atoms with Crippen molar-refractivity contribution in [3.05, 3.63) is 54.4 Å². The van der Waals surface area contributed by atoms with Crippen LogP contribution in [0.15, 0.2) is 48.7 Å². The molecule has 5 nitrogen and oxygen atoms in total. The van der Waals surface area contributed by atoms with E-state index in [1.165, 1.54) is 0 Å². The Morgan fingerprint density at radius 3 is 2.82 bits per heavy atom. The van der Waals surface area contributed by atoms with Crippen molar-refractivity contribution in [3.8, 4) is 11.5 Å². The van der Waals surface area contributed by atoms with Gasteiger partial charge in [-0.15, -0.1) is 0 Å². The Morgan fingerprint density at radius 1 is 1.23 bits per heavy atom. The standard InChI is InChI=1S/C17H19N3O2/c18-13-5-4-10-20(12-13)17(21)16-11-15(8-9-19-16)22-14-6-2-1-3-7-14/h1-3,6-9,11,13H,4-5,10,12,18H2/t13-/m1/s1. The van der Waals surface area contributed by atoms with Crippen molar-refractivity contribution < 1.29 is 9.53 Å². The number of aromatic nitrogens is 1. The summed E-state index contributed by atoms with van der Waals surface area (Å²) in [6.45, 7) is 1.32. The van der Waals surface area contributed by atoms with Gasteiger partial charge in [-0.3, -0.25) is 9.78 Å². The van der Waals surface area contributed by atoms with Crippen molar-refractivity contribution in [2.75, 3.05) is 13.1 Å². The Balaban J connectivity index is 1.74. The molecule has 1 amide bonds. The minimum atomic E-state index is -0.0892. The molecule has 2 aromatic rings. The second kappa shape index (κ2) is 6.58. The third-order valence-corrected chi connectivity index (χ3v) is 3.67. The van der Waals surface area contributed by atoms with E-state index in [2.05, 4.69) is 4.98 Å². The quantitative estimate of drug-likeness (QED) is 0.944. The summed E-state index contributed by atoms with van der Waals surface area (Å²) in [5.41, 5.74) is 6.33. The van der Waals surface area contributed by atoms with E-state index in [-0.39, 0.29) is 11.9 Å². The lowest BCUT2D eigenvalue weighted by Crippen LogP contribution is -2.45. The molecule has 1 aliphatic heterocycles. The topological polar surface area (TPSA) is 68.5 Å². The number of ether oxygens (including phenoxy) is 1. The van der Waals surface area contributed by atoms with Gasteiger partial charge in [-0.2, -0.15) is 0 Å². The fourth-order valence-electron chi connectivity index (χ4n) is 2.57. The van der Waals surface area contributed by atoms with Gasteiger partial charge in [0.2, 0.25) is 0 Å². The summed E-state index contributed by atoms with van der Waals surface area (Å²) in [7, 11) is 0. The summed E-state index contributed by atoms with van der Waals surface area (Å²) in [5.74, 6) is 1.24.